The zero-order valence-electron chi connectivity index (χ0n) is 7.70. The summed E-state index contributed by atoms with van der Waals surface area (Å²) in [4.78, 5) is 0. The van der Waals surface area contributed by atoms with Crippen molar-refractivity contribution in [2.45, 2.75) is 19.6 Å². The van der Waals surface area contributed by atoms with Gasteiger partial charge in [-0.25, -0.2) is 0 Å². The summed E-state index contributed by atoms with van der Waals surface area (Å²) >= 11 is 0. The molecule has 72 valence electrons. The minimum atomic E-state index is -0.400. The monoisotopic (exact) mass is 181 g/mol. The van der Waals surface area contributed by atoms with E-state index >= 15 is 0 Å². The second-order valence-corrected chi connectivity index (χ2v) is 3.09. The molecule has 1 aromatic carbocycles. The molecule has 1 unspecified atom stereocenters. The Morgan fingerprint density at radius 3 is 2.62 bits per heavy atom. The largest absolute Gasteiger partial charge is 0.394 e. The van der Waals surface area contributed by atoms with Crippen LogP contribution in [0.25, 0.3) is 0 Å². The van der Waals surface area contributed by atoms with E-state index < -0.39 is 6.04 Å². The summed E-state index contributed by atoms with van der Waals surface area (Å²) in [6.45, 7) is 1.78. The molecule has 0 radical (unpaired) electrons. The fourth-order valence-electron chi connectivity index (χ4n) is 1.50. The molecule has 0 saturated carbocycles. The molecule has 0 aliphatic rings. The normalized spacial score (nSPS) is 12.9. The molecule has 0 aliphatic carbocycles. The highest BCUT2D eigenvalue weighted by atomic mass is 16.3. The maximum Gasteiger partial charge on any atom is 0.0685 e. The van der Waals surface area contributed by atoms with Gasteiger partial charge in [-0.05, 0) is 23.6 Å². The third-order valence-electron chi connectivity index (χ3n) is 2.15. The van der Waals surface area contributed by atoms with Crippen molar-refractivity contribution in [1.82, 2.24) is 0 Å². The first-order chi connectivity index (χ1) is 6.20. The second-order valence-electron chi connectivity index (χ2n) is 3.09. The van der Waals surface area contributed by atoms with Crippen LogP contribution < -0.4 is 5.73 Å². The van der Waals surface area contributed by atoms with Crippen LogP contribution in [-0.4, -0.2) is 16.8 Å². The molecule has 1 aromatic rings. The maximum atomic E-state index is 9.05. The third kappa shape index (κ3) is 2.06. The molecule has 1 atom stereocenters. The van der Waals surface area contributed by atoms with Crippen molar-refractivity contribution in [2.75, 3.05) is 6.61 Å². The highest BCUT2D eigenvalue weighted by Gasteiger charge is 2.11. The van der Waals surface area contributed by atoms with Crippen LogP contribution in [0, 0.1) is 6.92 Å². The summed E-state index contributed by atoms with van der Waals surface area (Å²) < 4.78 is 0. The van der Waals surface area contributed by atoms with Crippen molar-refractivity contribution in [3.05, 3.63) is 34.9 Å². The van der Waals surface area contributed by atoms with Crippen molar-refractivity contribution < 1.29 is 10.2 Å². The number of benzene rings is 1. The summed E-state index contributed by atoms with van der Waals surface area (Å²) in [5.74, 6) is 0. The Labute approximate surface area is 77.8 Å². The summed E-state index contributed by atoms with van der Waals surface area (Å²) in [5, 5.41) is 18.0. The second kappa shape index (κ2) is 4.37. The van der Waals surface area contributed by atoms with E-state index in [1.54, 1.807) is 0 Å². The Morgan fingerprint density at radius 2 is 2.08 bits per heavy atom. The standard InChI is InChI=1S/C10H15NO2/c1-7-3-2-4-8(5-12)10(7)9(11)6-13/h2-4,9,12-13H,5-6,11H2,1H3. The smallest absolute Gasteiger partial charge is 0.0685 e. The van der Waals surface area contributed by atoms with E-state index in [9.17, 15) is 0 Å². The van der Waals surface area contributed by atoms with Crippen molar-refractivity contribution in [3.63, 3.8) is 0 Å². The lowest BCUT2D eigenvalue weighted by Gasteiger charge is -2.15. The van der Waals surface area contributed by atoms with Crippen LogP contribution >= 0.6 is 0 Å². The van der Waals surface area contributed by atoms with Crippen LogP contribution in [0.5, 0.6) is 0 Å². The number of hydrogen-bond donors (Lipinski definition) is 3. The lowest BCUT2D eigenvalue weighted by molar-refractivity contribution is 0.258. The van der Waals surface area contributed by atoms with E-state index in [1.807, 2.05) is 25.1 Å². The van der Waals surface area contributed by atoms with Crippen LogP contribution in [0.15, 0.2) is 18.2 Å². The first-order valence-electron chi connectivity index (χ1n) is 4.26. The SMILES string of the molecule is Cc1cccc(CO)c1C(N)CO. The van der Waals surface area contributed by atoms with Gasteiger partial charge in [0.25, 0.3) is 0 Å². The molecule has 13 heavy (non-hydrogen) atoms. The maximum absolute atomic E-state index is 9.05. The highest BCUT2D eigenvalue weighted by molar-refractivity contribution is 5.36. The van der Waals surface area contributed by atoms with Crippen LogP contribution in [0.1, 0.15) is 22.7 Å². The zero-order valence-corrected chi connectivity index (χ0v) is 7.70. The predicted octanol–water partition coefficient (Wildman–Crippen LogP) is 0.479. The molecule has 3 nitrogen and oxygen atoms in total. The van der Waals surface area contributed by atoms with Gasteiger partial charge in [0, 0.05) is 0 Å². The van der Waals surface area contributed by atoms with Gasteiger partial charge in [0.2, 0.25) is 0 Å². The van der Waals surface area contributed by atoms with E-state index in [0.29, 0.717) is 0 Å². The Balaban J connectivity index is 3.14. The van der Waals surface area contributed by atoms with Crippen LogP contribution in [0.3, 0.4) is 0 Å². The molecule has 0 fully saturated rings. The van der Waals surface area contributed by atoms with E-state index in [1.165, 1.54) is 0 Å². The van der Waals surface area contributed by atoms with Crippen LogP contribution in [0.4, 0.5) is 0 Å². The molecule has 0 spiro atoms. The Bertz CT molecular complexity index is 286. The highest BCUT2D eigenvalue weighted by Crippen LogP contribution is 2.20. The van der Waals surface area contributed by atoms with Crippen molar-refractivity contribution in [2.24, 2.45) is 5.73 Å². The summed E-state index contributed by atoms with van der Waals surface area (Å²) in [6, 6.07) is 5.21. The summed E-state index contributed by atoms with van der Waals surface area (Å²) in [5.41, 5.74) is 8.37. The predicted molar refractivity (Wildman–Crippen MR) is 51.1 cm³/mol. The van der Waals surface area contributed by atoms with Gasteiger partial charge < -0.3 is 15.9 Å². The van der Waals surface area contributed by atoms with Crippen LogP contribution in [-0.2, 0) is 6.61 Å². The molecule has 0 heterocycles. The third-order valence-corrected chi connectivity index (χ3v) is 2.15. The molecule has 4 N–H and O–H groups in total. The van der Waals surface area contributed by atoms with Crippen molar-refractivity contribution in [1.29, 1.82) is 0 Å². The molecule has 0 aliphatic heterocycles. The Kier molecular flexibility index (Phi) is 3.42. The van der Waals surface area contributed by atoms with Crippen molar-refractivity contribution in [3.8, 4) is 0 Å². The lowest BCUT2D eigenvalue weighted by Crippen LogP contribution is -2.17. The Hall–Kier alpha value is -0.900. The van der Waals surface area contributed by atoms with Gasteiger partial charge in [-0.3, -0.25) is 0 Å². The van der Waals surface area contributed by atoms with Gasteiger partial charge in [-0.2, -0.15) is 0 Å². The average Bonchev–Trinajstić information content (AvgIpc) is 2.16. The summed E-state index contributed by atoms with van der Waals surface area (Å²) in [7, 11) is 0. The first-order valence-corrected chi connectivity index (χ1v) is 4.26. The number of rotatable bonds is 3. The number of hydrogen-bond acceptors (Lipinski definition) is 3. The van der Waals surface area contributed by atoms with Gasteiger partial charge in [0.1, 0.15) is 0 Å². The molecule has 3 heteroatoms. The molecule has 0 bridgehead atoms. The van der Waals surface area contributed by atoms with Gasteiger partial charge >= 0.3 is 0 Å². The average molecular weight is 181 g/mol. The molecule has 0 aromatic heterocycles. The van der Waals surface area contributed by atoms with E-state index in [4.69, 9.17) is 15.9 Å². The minimum absolute atomic E-state index is 0.0370. The van der Waals surface area contributed by atoms with Gasteiger partial charge in [0.05, 0.1) is 19.3 Å². The van der Waals surface area contributed by atoms with Crippen molar-refractivity contribution >= 4 is 0 Å². The quantitative estimate of drug-likeness (QED) is 0.635. The first kappa shape index (κ1) is 10.2. The van der Waals surface area contributed by atoms with Gasteiger partial charge in [-0.1, -0.05) is 18.2 Å². The molecule has 0 amide bonds. The number of aliphatic hydroxyl groups is 2. The lowest BCUT2D eigenvalue weighted by atomic mass is 9.97. The molecule has 0 saturated heterocycles. The molecular weight excluding hydrogens is 166 g/mol. The number of nitrogens with two attached hydrogens (primary N) is 1. The molecule has 1 rings (SSSR count). The Morgan fingerprint density at radius 1 is 1.38 bits per heavy atom. The van der Waals surface area contributed by atoms with Gasteiger partial charge in [-0.15, -0.1) is 0 Å². The minimum Gasteiger partial charge on any atom is -0.394 e. The fraction of sp³-hybridized carbons (Fsp3) is 0.400. The summed E-state index contributed by atoms with van der Waals surface area (Å²) in [6.07, 6.45) is 0. The van der Waals surface area contributed by atoms with E-state index in [0.717, 1.165) is 16.7 Å². The topological polar surface area (TPSA) is 66.5 Å². The zero-order chi connectivity index (χ0) is 9.84. The van der Waals surface area contributed by atoms with E-state index in [2.05, 4.69) is 0 Å². The van der Waals surface area contributed by atoms with E-state index in [-0.39, 0.29) is 13.2 Å². The van der Waals surface area contributed by atoms with Crippen LogP contribution in [0.2, 0.25) is 0 Å². The molecular formula is C10H15NO2. The van der Waals surface area contributed by atoms with Gasteiger partial charge in [0.15, 0.2) is 0 Å². The fourth-order valence-corrected chi connectivity index (χ4v) is 1.50. The number of aryl methyl sites for hydroxylation is 1. The number of aliphatic hydroxyl groups excluding tert-OH is 2.